The molecule has 156 valence electrons. The second-order valence-electron chi connectivity index (χ2n) is 6.87. The fourth-order valence-corrected chi connectivity index (χ4v) is 4.69. The van der Waals surface area contributed by atoms with Crippen molar-refractivity contribution in [1.82, 2.24) is 14.5 Å². The molecule has 2 heterocycles. The zero-order valence-corrected chi connectivity index (χ0v) is 16.7. The first-order valence-corrected chi connectivity index (χ1v) is 10.8. The molecular formula is C18H26FN3O5S. The van der Waals surface area contributed by atoms with Crippen molar-refractivity contribution < 1.29 is 27.1 Å². The lowest BCUT2D eigenvalue weighted by Crippen LogP contribution is -2.47. The Bertz CT molecular complexity index is 792. The van der Waals surface area contributed by atoms with E-state index >= 15 is 0 Å². The summed E-state index contributed by atoms with van der Waals surface area (Å²) in [5.74, 6) is -1.38. The molecule has 0 aliphatic carbocycles. The van der Waals surface area contributed by atoms with Crippen LogP contribution in [0.2, 0.25) is 0 Å². The summed E-state index contributed by atoms with van der Waals surface area (Å²) in [7, 11) is -3.80. The molecule has 0 aromatic heterocycles. The summed E-state index contributed by atoms with van der Waals surface area (Å²) < 4.78 is 51.5. The second-order valence-corrected chi connectivity index (χ2v) is 8.80. The van der Waals surface area contributed by atoms with Gasteiger partial charge in [-0.3, -0.25) is 9.69 Å². The van der Waals surface area contributed by atoms with E-state index in [4.69, 9.17) is 9.47 Å². The monoisotopic (exact) mass is 415 g/mol. The number of benzene rings is 1. The number of rotatable bonds is 6. The Hall–Kier alpha value is -1.59. The number of amides is 1. The highest BCUT2D eigenvalue weighted by Crippen LogP contribution is 2.20. The number of halogens is 1. The highest BCUT2D eigenvalue weighted by molar-refractivity contribution is 7.89. The van der Waals surface area contributed by atoms with Gasteiger partial charge in [-0.05, 0) is 25.1 Å². The first-order valence-electron chi connectivity index (χ1n) is 9.37. The van der Waals surface area contributed by atoms with Crippen LogP contribution in [0.15, 0.2) is 23.1 Å². The van der Waals surface area contributed by atoms with Crippen molar-refractivity contribution in [3.63, 3.8) is 0 Å². The summed E-state index contributed by atoms with van der Waals surface area (Å²) in [5.41, 5.74) is -0.275. The molecule has 1 atom stereocenters. The lowest BCUT2D eigenvalue weighted by Gasteiger charge is -2.32. The molecule has 0 saturated carbocycles. The average molecular weight is 415 g/mol. The average Bonchev–Trinajstić information content (AvgIpc) is 2.73. The van der Waals surface area contributed by atoms with Gasteiger partial charge in [-0.25, -0.2) is 12.8 Å². The van der Waals surface area contributed by atoms with Crippen molar-refractivity contribution in [2.24, 2.45) is 0 Å². The van der Waals surface area contributed by atoms with E-state index in [9.17, 15) is 17.6 Å². The molecule has 1 N–H and O–H groups in total. The summed E-state index contributed by atoms with van der Waals surface area (Å²) in [6.45, 7) is 6.25. The number of ether oxygens (including phenoxy) is 2. The van der Waals surface area contributed by atoms with Gasteiger partial charge in [0.2, 0.25) is 10.0 Å². The van der Waals surface area contributed by atoms with Gasteiger partial charge in [0.05, 0.1) is 36.9 Å². The van der Waals surface area contributed by atoms with Crippen LogP contribution in [-0.2, 0) is 19.5 Å². The minimum absolute atomic E-state index is 0.0659. The van der Waals surface area contributed by atoms with E-state index in [0.29, 0.717) is 33.0 Å². The number of hydrogen-bond acceptors (Lipinski definition) is 6. The number of hydrogen-bond donors (Lipinski definition) is 1. The molecule has 1 aromatic rings. The van der Waals surface area contributed by atoms with Gasteiger partial charge in [0, 0.05) is 38.8 Å². The van der Waals surface area contributed by atoms with Gasteiger partial charge in [-0.1, -0.05) is 0 Å². The molecule has 0 bridgehead atoms. The molecule has 2 aliphatic rings. The molecule has 10 heteroatoms. The van der Waals surface area contributed by atoms with E-state index in [1.165, 1.54) is 10.4 Å². The molecule has 28 heavy (non-hydrogen) atoms. The normalized spacial score (nSPS) is 20.6. The first-order chi connectivity index (χ1) is 13.4. The van der Waals surface area contributed by atoms with E-state index < -0.39 is 21.7 Å². The largest absolute Gasteiger partial charge is 0.379 e. The Morgan fingerprint density at radius 1 is 1.14 bits per heavy atom. The number of morpholine rings is 2. The van der Waals surface area contributed by atoms with Crippen molar-refractivity contribution in [2.75, 3.05) is 59.2 Å². The number of sulfonamides is 1. The molecule has 8 nitrogen and oxygen atoms in total. The summed E-state index contributed by atoms with van der Waals surface area (Å²) in [5, 5.41) is 2.71. The summed E-state index contributed by atoms with van der Waals surface area (Å²) in [6, 6.07) is 3.38. The van der Waals surface area contributed by atoms with E-state index in [1.807, 2.05) is 6.92 Å². The third kappa shape index (κ3) is 4.87. The third-order valence-corrected chi connectivity index (χ3v) is 6.91. The van der Waals surface area contributed by atoms with E-state index in [1.54, 1.807) is 0 Å². The molecule has 0 spiro atoms. The van der Waals surface area contributed by atoms with Crippen molar-refractivity contribution >= 4 is 15.9 Å². The zero-order valence-electron chi connectivity index (χ0n) is 15.9. The molecule has 2 aliphatic heterocycles. The standard InChI is InChI=1S/C18H26FN3O5S/c1-14(21-4-8-26-9-5-21)13-20-18(23)16-12-15(2-3-17(16)19)28(24,25)22-6-10-27-11-7-22/h2-3,12,14H,4-11,13H2,1H3,(H,20,23). The van der Waals surface area contributed by atoms with Gasteiger partial charge in [0.25, 0.3) is 5.91 Å². The SMILES string of the molecule is CC(CNC(=O)c1cc(S(=O)(=O)N2CCOCC2)ccc1F)N1CCOCC1. The predicted molar refractivity (Wildman–Crippen MR) is 100 cm³/mol. The first kappa shape index (κ1) is 21.1. The smallest absolute Gasteiger partial charge is 0.254 e. The third-order valence-electron chi connectivity index (χ3n) is 5.02. The Morgan fingerprint density at radius 3 is 2.39 bits per heavy atom. The van der Waals surface area contributed by atoms with Crippen molar-refractivity contribution in [2.45, 2.75) is 17.9 Å². The lowest BCUT2D eigenvalue weighted by molar-refractivity contribution is 0.0204. The maximum atomic E-state index is 14.2. The topological polar surface area (TPSA) is 88.2 Å². The van der Waals surface area contributed by atoms with E-state index in [-0.39, 0.29) is 29.6 Å². The van der Waals surface area contributed by atoms with Crippen LogP contribution in [0.5, 0.6) is 0 Å². The molecule has 3 rings (SSSR count). The Morgan fingerprint density at radius 2 is 1.75 bits per heavy atom. The quantitative estimate of drug-likeness (QED) is 0.719. The van der Waals surface area contributed by atoms with Crippen molar-refractivity contribution in [3.8, 4) is 0 Å². The number of carbonyl (C=O) groups is 1. The highest BCUT2D eigenvalue weighted by Gasteiger charge is 2.28. The number of carbonyl (C=O) groups excluding carboxylic acids is 1. The minimum Gasteiger partial charge on any atom is -0.379 e. The molecular weight excluding hydrogens is 389 g/mol. The molecule has 1 amide bonds. The molecule has 2 fully saturated rings. The summed E-state index contributed by atoms with van der Waals surface area (Å²) in [6.07, 6.45) is 0. The van der Waals surface area contributed by atoms with Crippen molar-refractivity contribution in [3.05, 3.63) is 29.6 Å². The Labute approximate surface area is 164 Å². The van der Waals surface area contributed by atoms with Crippen LogP contribution in [0, 0.1) is 5.82 Å². The predicted octanol–water partition coefficient (Wildman–Crippen LogP) is 0.297. The lowest BCUT2D eigenvalue weighted by atomic mass is 10.2. The molecule has 1 unspecified atom stereocenters. The Kier molecular flexibility index (Phi) is 7.00. The molecule has 1 aromatic carbocycles. The second kappa shape index (κ2) is 9.27. The van der Waals surface area contributed by atoms with E-state index in [2.05, 4.69) is 10.2 Å². The minimum atomic E-state index is -3.80. The van der Waals surface area contributed by atoms with Gasteiger partial charge in [0.1, 0.15) is 5.82 Å². The van der Waals surface area contributed by atoms with Crippen LogP contribution in [-0.4, -0.2) is 88.7 Å². The maximum absolute atomic E-state index is 14.2. The van der Waals surface area contributed by atoms with Gasteiger partial charge in [0.15, 0.2) is 0 Å². The fourth-order valence-electron chi connectivity index (χ4n) is 3.26. The molecule has 0 radical (unpaired) electrons. The van der Waals surface area contributed by atoms with Crippen LogP contribution in [0.1, 0.15) is 17.3 Å². The highest BCUT2D eigenvalue weighted by atomic mass is 32.2. The number of nitrogens with one attached hydrogen (secondary N) is 1. The van der Waals surface area contributed by atoms with Gasteiger partial charge in [-0.15, -0.1) is 0 Å². The van der Waals surface area contributed by atoms with Crippen LogP contribution in [0.4, 0.5) is 4.39 Å². The summed E-state index contributed by atoms with van der Waals surface area (Å²) >= 11 is 0. The van der Waals surface area contributed by atoms with Crippen LogP contribution in [0.3, 0.4) is 0 Å². The van der Waals surface area contributed by atoms with Crippen LogP contribution in [0.25, 0.3) is 0 Å². The van der Waals surface area contributed by atoms with Crippen molar-refractivity contribution in [1.29, 1.82) is 0 Å². The fraction of sp³-hybridized carbons (Fsp3) is 0.611. The van der Waals surface area contributed by atoms with Crippen LogP contribution < -0.4 is 5.32 Å². The maximum Gasteiger partial charge on any atom is 0.254 e. The van der Waals surface area contributed by atoms with E-state index in [0.717, 1.165) is 25.2 Å². The van der Waals surface area contributed by atoms with Gasteiger partial charge < -0.3 is 14.8 Å². The number of nitrogens with zero attached hydrogens (tertiary/aromatic N) is 2. The van der Waals surface area contributed by atoms with Crippen LogP contribution >= 0.6 is 0 Å². The van der Waals surface area contributed by atoms with Gasteiger partial charge in [-0.2, -0.15) is 4.31 Å². The summed E-state index contributed by atoms with van der Waals surface area (Å²) in [4.78, 5) is 14.6. The molecule has 2 saturated heterocycles. The Balaban J connectivity index is 1.69. The zero-order chi connectivity index (χ0) is 20.1. The van der Waals surface area contributed by atoms with Gasteiger partial charge >= 0.3 is 0 Å².